The van der Waals surface area contributed by atoms with Gasteiger partial charge in [-0.2, -0.15) is 0 Å². The van der Waals surface area contributed by atoms with Gasteiger partial charge in [0.05, 0.1) is 7.11 Å². The molecule has 2 aromatic rings. The molecule has 0 aliphatic carbocycles. The van der Waals surface area contributed by atoms with Crippen molar-refractivity contribution in [2.45, 2.75) is 19.8 Å². The minimum atomic E-state index is 0.0675. The second-order valence-corrected chi connectivity index (χ2v) is 6.32. The first-order chi connectivity index (χ1) is 11.7. The van der Waals surface area contributed by atoms with Gasteiger partial charge >= 0.3 is 0 Å². The Labute approximate surface area is 143 Å². The highest BCUT2D eigenvalue weighted by atomic mass is 16.5. The lowest BCUT2D eigenvalue weighted by Gasteiger charge is -2.33. The molecule has 0 bridgehead atoms. The minimum Gasteiger partial charge on any atom is -0.497 e. The maximum atomic E-state index is 12.5. The molecule has 24 heavy (non-hydrogen) atoms. The van der Waals surface area contributed by atoms with E-state index in [1.807, 2.05) is 24.3 Å². The van der Waals surface area contributed by atoms with Gasteiger partial charge in [-0.25, -0.2) is 0 Å². The Morgan fingerprint density at radius 2 is 1.83 bits per heavy atom. The molecule has 0 aromatic heterocycles. The zero-order valence-electron chi connectivity index (χ0n) is 14.3. The van der Waals surface area contributed by atoms with Crippen LogP contribution in [-0.4, -0.2) is 26.1 Å². The van der Waals surface area contributed by atoms with Gasteiger partial charge in [0.15, 0.2) is 0 Å². The molecule has 1 heterocycles. The van der Waals surface area contributed by atoms with Gasteiger partial charge in [0.2, 0.25) is 5.91 Å². The van der Waals surface area contributed by atoms with Crippen LogP contribution >= 0.6 is 0 Å². The number of benzene rings is 2. The van der Waals surface area contributed by atoms with Gasteiger partial charge in [-0.15, -0.1) is 0 Å². The van der Waals surface area contributed by atoms with Gasteiger partial charge < -0.3 is 15.0 Å². The molecule has 0 radical (unpaired) electrons. The number of amides is 1. The van der Waals surface area contributed by atoms with Gasteiger partial charge in [0.1, 0.15) is 5.75 Å². The third-order valence-corrected chi connectivity index (χ3v) is 4.60. The van der Waals surface area contributed by atoms with Gasteiger partial charge in [-0.05, 0) is 44.0 Å². The fraction of sp³-hybridized carbons (Fsp3) is 0.350. The van der Waals surface area contributed by atoms with Gasteiger partial charge in [0, 0.05) is 36.4 Å². The lowest BCUT2D eigenvalue weighted by Crippen LogP contribution is -2.38. The summed E-state index contributed by atoms with van der Waals surface area (Å²) in [5.41, 5.74) is 3.30. The lowest BCUT2D eigenvalue weighted by atomic mass is 9.95. The number of hydrogen-bond donors (Lipinski definition) is 1. The highest BCUT2D eigenvalue weighted by molar-refractivity contribution is 5.92. The number of carbonyl (C=O) groups excluding carboxylic acids is 1. The number of hydrogen-bond acceptors (Lipinski definition) is 3. The molecule has 1 fully saturated rings. The summed E-state index contributed by atoms with van der Waals surface area (Å²) in [6, 6.07) is 16.1. The SMILES string of the molecule is COc1cccc(NC(=O)C2CCN(c3ccc(C)cc3)CC2)c1. The van der Waals surface area contributed by atoms with Gasteiger partial charge in [-0.1, -0.05) is 23.8 Å². The van der Waals surface area contributed by atoms with Crippen LogP contribution in [0.4, 0.5) is 11.4 Å². The zero-order chi connectivity index (χ0) is 16.9. The number of methoxy groups -OCH3 is 1. The van der Waals surface area contributed by atoms with Crippen molar-refractivity contribution in [2.24, 2.45) is 5.92 Å². The van der Waals surface area contributed by atoms with Crippen LogP contribution in [0.5, 0.6) is 5.75 Å². The number of nitrogens with one attached hydrogen (secondary N) is 1. The van der Waals surface area contributed by atoms with Crippen LogP contribution in [0.25, 0.3) is 0 Å². The summed E-state index contributed by atoms with van der Waals surface area (Å²) in [4.78, 5) is 14.8. The standard InChI is InChI=1S/C20H24N2O2/c1-15-6-8-18(9-7-15)22-12-10-16(11-13-22)20(23)21-17-4-3-5-19(14-17)24-2/h3-9,14,16H,10-13H2,1-2H3,(H,21,23). The van der Waals surface area contributed by atoms with Crippen LogP contribution in [-0.2, 0) is 4.79 Å². The van der Waals surface area contributed by atoms with E-state index in [1.165, 1.54) is 11.3 Å². The molecule has 0 unspecified atom stereocenters. The molecule has 4 nitrogen and oxygen atoms in total. The van der Waals surface area contributed by atoms with E-state index in [0.29, 0.717) is 0 Å². The summed E-state index contributed by atoms with van der Waals surface area (Å²) in [5, 5.41) is 3.01. The van der Waals surface area contributed by atoms with E-state index < -0.39 is 0 Å². The van der Waals surface area contributed by atoms with E-state index >= 15 is 0 Å². The lowest BCUT2D eigenvalue weighted by molar-refractivity contribution is -0.120. The van der Waals surface area contributed by atoms with Crippen molar-refractivity contribution in [1.29, 1.82) is 0 Å². The molecule has 4 heteroatoms. The molecule has 1 saturated heterocycles. The predicted octanol–water partition coefficient (Wildman–Crippen LogP) is 3.86. The summed E-state index contributed by atoms with van der Waals surface area (Å²) in [6.07, 6.45) is 1.76. The van der Waals surface area contributed by atoms with E-state index in [-0.39, 0.29) is 11.8 Å². The molecule has 1 amide bonds. The molecular formula is C20H24N2O2. The summed E-state index contributed by atoms with van der Waals surface area (Å²) in [6.45, 7) is 3.93. The number of piperidine rings is 1. The van der Waals surface area contributed by atoms with Crippen LogP contribution in [0.15, 0.2) is 48.5 Å². The maximum absolute atomic E-state index is 12.5. The average Bonchev–Trinajstić information content (AvgIpc) is 2.62. The molecule has 0 saturated carbocycles. The normalized spacial score (nSPS) is 15.2. The minimum absolute atomic E-state index is 0.0675. The number of nitrogens with zero attached hydrogens (tertiary/aromatic N) is 1. The Morgan fingerprint density at radius 3 is 2.50 bits per heavy atom. The van der Waals surface area contributed by atoms with Crippen molar-refractivity contribution in [3.8, 4) is 5.75 Å². The Balaban J connectivity index is 1.55. The van der Waals surface area contributed by atoms with Crippen LogP contribution in [0.3, 0.4) is 0 Å². The highest BCUT2D eigenvalue weighted by Gasteiger charge is 2.25. The second kappa shape index (κ2) is 7.39. The molecule has 0 atom stereocenters. The highest BCUT2D eigenvalue weighted by Crippen LogP contribution is 2.25. The first kappa shape index (κ1) is 16.4. The van der Waals surface area contributed by atoms with E-state index in [1.54, 1.807) is 7.11 Å². The predicted molar refractivity (Wildman–Crippen MR) is 97.7 cm³/mol. The van der Waals surface area contributed by atoms with Crippen LogP contribution in [0.2, 0.25) is 0 Å². The van der Waals surface area contributed by atoms with E-state index in [0.717, 1.165) is 37.4 Å². The first-order valence-corrected chi connectivity index (χ1v) is 8.42. The number of carbonyl (C=O) groups is 1. The third kappa shape index (κ3) is 3.88. The Kier molecular flexibility index (Phi) is 5.04. The van der Waals surface area contributed by atoms with Crippen molar-refractivity contribution in [3.05, 3.63) is 54.1 Å². The molecule has 1 N–H and O–H groups in total. The Hall–Kier alpha value is -2.49. The maximum Gasteiger partial charge on any atom is 0.227 e. The summed E-state index contributed by atoms with van der Waals surface area (Å²) < 4.78 is 5.20. The summed E-state index contributed by atoms with van der Waals surface area (Å²) in [7, 11) is 1.63. The van der Waals surface area contributed by atoms with Crippen molar-refractivity contribution in [2.75, 3.05) is 30.4 Å². The smallest absolute Gasteiger partial charge is 0.227 e. The zero-order valence-corrected chi connectivity index (χ0v) is 14.3. The quantitative estimate of drug-likeness (QED) is 0.928. The second-order valence-electron chi connectivity index (χ2n) is 6.32. The number of anilines is 2. The fourth-order valence-electron chi connectivity index (χ4n) is 3.10. The largest absolute Gasteiger partial charge is 0.497 e. The van der Waals surface area contributed by atoms with E-state index in [9.17, 15) is 4.79 Å². The number of rotatable bonds is 4. The average molecular weight is 324 g/mol. The van der Waals surface area contributed by atoms with Crippen molar-refractivity contribution in [1.82, 2.24) is 0 Å². The first-order valence-electron chi connectivity index (χ1n) is 8.42. The Morgan fingerprint density at radius 1 is 1.12 bits per heavy atom. The molecule has 1 aliphatic heterocycles. The third-order valence-electron chi connectivity index (χ3n) is 4.60. The van der Waals surface area contributed by atoms with Crippen LogP contribution < -0.4 is 15.0 Å². The van der Waals surface area contributed by atoms with E-state index in [4.69, 9.17) is 4.74 Å². The van der Waals surface area contributed by atoms with Gasteiger partial charge in [0.25, 0.3) is 0 Å². The van der Waals surface area contributed by atoms with Crippen LogP contribution in [0, 0.1) is 12.8 Å². The monoisotopic (exact) mass is 324 g/mol. The van der Waals surface area contributed by atoms with Crippen molar-refractivity contribution < 1.29 is 9.53 Å². The molecule has 1 aliphatic rings. The number of aryl methyl sites for hydroxylation is 1. The molecule has 0 spiro atoms. The molecule has 126 valence electrons. The van der Waals surface area contributed by atoms with Gasteiger partial charge in [-0.3, -0.25) is 4.79 Å². The molecule has 2 aromatic carbocycles. The topological polar surface area (TPSA) is 41.6 Å². The molecule has 3 rings (SSSR count). The van der Waals surface area contributed by atoms with Crippen molar-refractivity contribution >= 4 is 17.3 Å². The summed E-state index contributed by atoms with van der Waals surface area (Å²) in [5.74, 6) is 0.923. The number of ether oxygens (including phenoxy) is 1. The van der Waals surface area contributed by atoms with Crippen LogP contribution in [0.1, 0.15) is 18.4 Å². The van der Waals surface area contributed by atoms with E-state index in [2.05, 4.69) is 41.4 Å². The molecular weight excluding hydrogens is 300 g/mol. The summed E-state index contributed by atoms with van der Waals surface area (Å²) >= 11 is 0. The Bertz CT molecular complexity index is 689. The van der Waals surface area contributed by atoms with Crippen molar-refractivity contribution in [3.63, 3.8) is 0 Å². The fourth-order valence-corrected chi connectivity index (χ4v) is 3.10.